The first-order chi connectivity index (χ1) is 14.5. The van der Waals surface area contributed by atoms with Gasteiger partial charge in [0.15, 0.2) is 5.69 Å². The zero-order valence-corrected chi connectivity index (χ0v) is 16.3. The lowest BCUT2D eigenvalue weighted by Gasteiger charge is -2.20. The maximum Gasteiger partial charge on any atom is 0.356 e. The van der Waals surface area contributed by atoms with Gasteiger partial charge in [0.1, 0.15) is 12.4 Å². The number of benzene rings is 1. The third-order valence-electron chi connectivity index (χ3n) is 5.18. The van der Waals surface area contributed by atoms with Gasteiger partial charge in [-0.25, -0.2) is 18.6 Å². The summed E-state index contributed by atoms with van der Waals surface area (Å²) >= 11 is 0. The molecule has 0 radical (unpaired) electrons. The summed E-state index contributed by atoms with van der Waals surface area (Å²) < 4.78 is 36.6. The third-order valence-corrected chi connectivity index (χ3v) is 5.18. The second-order valence-corrected chi connectivity index (χ2v) is 7.40. The van der Waals surface area contributed by atoms with Gasteiger partial charge in [0.05, 0.1) is 24.6 Å². The number of hydrogen-bond donors (Lipinski definition) is 1. The fourth-order valence-electron chi connectivity index (χ4n) is 3.55. The fraction of sp³-hybridized carbons (Fsp3) is 0.409. The number of para-hydroxylation sites is 1. The van der Waals surface area contributed by atoms with Crippen molar-refractivity contribution in [3.8, 4) is 5.75 Å². The van der Waals surface area contributed by atoms with Crippen LogP contribution in [0.3, 0.4) is 0 Å². The number of alkyl halides is 2. The third kappa shape index (κ3) is 4.64. The molecule has 8 heteroatoms. The van der Waals surface area contributed by atoms with E-state index in [2.05, 4.69) is 9.97 Å². The zero-order chi connectivity index (χ0) is 21.1. The molecule has 1 aliphatic heterocycles. The van der Waals surface area contributed by atoms with Gasteiger partial charge in [0.2, 0.25) is 0 Å². The van der Waals surface area contributed by atoms with E-state index in [0.29, 0.717) is 36.6 Å². The van der Waals surface area contributed by atoms with Crippen LogP contribution in [0.4, 0.5) is 8.78 Å². The Hall–Kier alpha value is -2.87. The smallest absolute Gasteiger partial charge is 0.356 e. The van der Waals surface area contributed by atoms with Crippen LogP contribution in [0.2, 0.25) is 0 Å². The summed E-state index contributed by atoms with van der Waals surface area (Å²) in [4.78, 5) is 20.4. The number of carboxylic acids is 1. The van der Waals surface area contributed by atoms with E-state index in [1.807, 2.05) is 18.2 Å². The Morgan fingerprint density at radius 3 is 2.83 bits per heavy atom. The molecule has 0 amide bonds. The van der Waals surface area contributed by atoms with Crippen molar-refractivity contribution in [1.29, 1.82) is 0 Å². The molecule has 30 heavy (non-hydrogen) atoms. The van der Waals surface area contributed by atoms with Crippen molar-refractivity contribution in [1.82, 2.24) is 9.97 Å². The minimum atomic E-state index is -2.62. The van der Waals surface area contributed by atoms with E-state index >= 15 is 0 Å². The Labute approximate surface area is 172 Å². The number of halogens is 2. The molecule has 0 saturated heterocycles. The molecule has 1 aromatic carbocycles. The number of ether oxygens (including phenoxy) is 2. The molecule has 0 unspecified atom stereocenters. The quantitative estimate of drug-likeness (QED) is 0.698. The Morgan fingerprint density at radius 2 is 2.17 bits per heavy atom. The average Bonchev–Trinajstić information content (AvgIpc) is 3.59. The molecule has 4 rings (SSSR count). The summed E-state index contributed by atoms with van der Waals surface area (Å²) in [6.45, 7) is 0.249. The minimum absolute atomic E-state index is 0.102. The normalized spacial score (nSPS) is 16.4. The molecular formula is C22H22F2N2O4. The van der Waals surface area contributed by atoms with Gasteiger partial charge in [0, 0.05) is 29.7 Å². The first-order valence-electron chi connectivity index (χ1n) is 9.92. The van der Waals surface area contributed by atoms with E-state index in [1.165, 1.54) is 0 Å². The van der Waals surface area contributed by atoms with Crippen molar-refractivity contribution < 1.29 is 28.2 Å². The van der Waals surface area contributed by atoms with Crippen LogP contribution in [0.5, 0.6) is 5.75 Å². The predicted molar refractivity (Wildman–Crippen MR) is 105 cm³/mol. The number of aromatic carboxylic acids is 1. The molecule has 0 atom stereocenters. The molecule has 1 saturated carbocycles. The Morgan fingerprint density at radius 1 is 1.33 bits per heavy atom. The molecule has 1 N–H and O–H groups in total. The molecule has 0 spiro atoms. The van der Waals surface area contributed by atoms with Gasteiger partial charge in [-0.2, -0.15) is 0 Å². The molecule has 2 heterocycles. The molecule has 6 nitrogen and oxygen atoms in total. The summed E-state index contributed by atoms with van der Waals surface area (Å²) in [7, 11) is 0. The van der Waals surface area contributed by atoms with Crippen LogP contribution in [-0.2, 0) is 11.2 Å². The summed E-state index contributed by atoms with van der Waals surface area (Å²) in [5.41, 5.74) is 3.14. The highest BCUT2D eigenvalue weighted by Gasteiger charge is 2.28. The van der Waals surface area contributed by atoms with Crippen molar-refractivity contribution in [2.45, 2.75) is 38.0 Å². The van der Waals surface area contributed by atoms with Crippen LogP contribution < -0.4 is 4.74 Å². The van der Waals surface area contributed by atoms with E-state index in [1.54, 1.807) is 12.3 Å². The van der Waals surface area contributed by atoms with Crippen LogP contribution >= 0.6 is 0 Å². The topological polar surface area (TPSA) is 81.5 Å². The number of nitrogens with zero attached hydrogens (tertiary/aromatic N) is 2. The molecule has 2 aliphatic rings. The lowest BCUT2D eigenvalue weighted by molar-refractivity contribution is 0.0688. The van der Waals surface area contributed by atoms with Crippen LogP contribution in [0.15, 0.2) is 30.5 Å². The number of carbonyl (C=O) groups is 1. The maximum absolute atomic E-state index is 12.9. The average molecular weight is 416 g/mol. The largest absolute Gasteiger partial charge is 0.487 e. The highest BCUT2D eigenvalue weighted by Crippen LogP contribution is 2.39. The second-order valence-electron chi connectivity index (χ2n) is 7.40. The number of rotatable bonds is 8. The highest BCUT2D eigenvalue weighted by molar-refractivity contribution is 5.86. The summed E-state index contributed by atoms with van der Waals surface area (Å²) in [6, 6.07) is 5.37. The van der Waals surface area contributed by atoms with E-state index in [0.717, 1.165) is 24.0 Å². The van der Waals surface area contributed by atoms with Crippen LogP contribution in [0.25, 0.3) is 5.57 Å². The number of aromatic nitrogens is 2. The van der Waals surface area contributed by atoms with Gasteiger partial charge in [0.25, 0.3) is 6.43 Å². The molecular weight excluding hydrogens is 394 g/mol. The molecule has 1 fully saturated rings. The van der Waals surface area contributed by atoms with Crippen molar-refractivity contribution >= 4 is 11.5 Å². The molecule has 158 valence electrons. The zero-order valence-electron chi connectivity index (χ0n) is 16.3. The van der Waals surface area contributed by atoms with E-state index < -0.39 is 19.0 Å². The first kappa shape index (κ1) is 20.4. The van der Waals surface area contributed by atoms with Crippen molar-refractivity contribution in [3.05, 3.63) is 58.7 Å². The predicted octanol–water partition coefficient (Wildman–Crippen LogP) is 4.09. The van der Waals surface area contributed by atoms with E-state index in [9.17, 15) is 18.7 Å². The van der Waals surface area contributed by atoms with E-state index in [4.69, 9.17) is 9.47 Å². The van der Waals surface area contributed by atoms with Crippen molar-refractivity contribution in [2.75, 3.05) is 19.8 Å². The van der Waals surface area contributed by atoms with Crippen LogP contribution in [0, 0.1) is 0 Å². The fourth-order valence-corrected chi connectivity index (χ4v) is 3.55. The Bertz CT molecular complexity index is 974. The van der Waals surface area contributed by atoms with Crippen LogP contribution in [-0.4, -0.2) is 47.3 Å². The Balaban J connectivity index is 1.71. The molecule has 2 aromatic rings. The minimum Gasteiger partial charge on any atom is -0.487 e. The van der Waals surface area contributed by atoms with Crippen LogP contribution in [0.1, 0.15) is 58.2 Å². The standard InChI is InChI=1S/C22H22F2N2O4/c23-19(24)12-30-21-15(2-1-3-16(21)13-6-8-29-9-7-13)10-17-20(22(27)28)26-18(11-25-17)14-4-5-14/h1-3,6,11,14,19H,4-5,7-10,12H2,(H,27,28). The highest BCUT2D eigenvalue weighted by atomic mass is 19.3. The maximum atomic E-state index is 12.9. The van der Waals surface area contributed by atoms with Gasteiger partial charge >= 0.3 is 5.97 Å². The molecule has 0 bridgehead atoms. The van der Waals surface area contributed by atoms with Gasteiger partial charge in [-0.15, -0.1) is 0 Å². The summed E-state index contributed by atoms with van der Waals surface area (Å²) in [5.74, 6) is -0.549. The summed E-state index contributed by atoms with van der Waals surface area (Å²) in [5, 5.41) is 9.62. The lowest BCUT2D eigenvalue weighted by Crippen LogP contribution is -2.14. The Kier molecular flexibility index (Phi) is 6.03. The van der Waals surface area contributed by atoms with Gasteiger partial charge in [-0.3, -0.25) is 4.98 Å². The molecule has 1 aliphatic carbocycles. The van der Waals surface area contributed by atoms with Gasteiger partial charge < -0.3 is 14.6 Å². The number of carboxylic acid groups (broad SMARTS) is 1. The summed E-state index contributed by atoms with van der Waals surface area (Å²) in [6.07, 6.45) is 3.63. The van der Waals surface area contributed by atoms with Crippen molar-refractivity contribution in [2.24, 2.45) is 0 Å². The molecule has 1 aromatic heterocycles. The van der Waals surface area contributed by atoms with Gasteiger partial charge in [-0.05, 0) is 24.8 Å². The number of hydrogen-bond acceptors (Lipinski definition) is 5. The SMILES string of the molecule is O=C(O)c1nc(C2CC2)cnc1Cc1cccc(C2=CCOCC2)c1OCC(F)F. The van der Waals surface area contributed by atoms with Gasteiger partial charge in [-0.1, -0.05) is 24.3 Å². The first-order valence-corrected chi connectivity index (χ1v) is 9.92. The second kappa shape index (κ2) is 8.87. The van der Waals surface area contributed by atoms with Crippen molar-refractivity contribution in [3.63, 3.8) is 0 Å². The van der Waals surface area contributed by atoms with E-state index in [-0.39, 0.29) is 23.7 Å². The monoisotopic (exact) mass is 416 g/mol. The lowest BCUT2D eigenvalue weighted by atomic mass is 9.96.